The van der Waals surface area contributed by atoms with Crippen molar-refractivity contribution in [3.05, 3.63) is 23.7 Å². The highest BCUT2D eigenvalue weighted by Crippen LogP contribution is 2.21. The molecule has 5 nitrogen and oxygen atoms in total. The van der Waals surface area contributed by atoms with Gasteiger partial charge in [-0.25, -0.2) is 0 Å². The SMILES string of the molecule is CNC(CO)C(O)c1ccc(CN2CCCCCC2)o1. The molecule has 2 atom stereocenters. The zero-order chi connectivity index (χ0) is 14.4. The summed E-state index contributed by atoms with van der Waals surface area (Å²) in [5, 5.41) is 22.2. The summed E-state index contributed by atoms with van der Waals surface area (Å²) in [5.74, 6) is 1.40. The van der Waals surface area contributed by atoms with Gasteiger partial charge in [-0.15, -0.1) is 0 Å². The zero-order valence-corrected chi connectivity index (χ0v) is 12.2. The third kappa shape index (κ3) is 4.06. The van der Waals surface area contributed by atoms with Crippen LogP contribution in [0, 0.1) is 0 Å². The molecule has 0 amide bonds. The summed E-state index contributed by atoms with van der Waals surface area (Å²) < 4.78 is 5.73. The Morgan fingerprint density at radius 3 is 2.55 bits per heavy atom. The lowest BCUT2D eigenvalue weighted by molar-refractivity contribution is 0.0745. The normalized spacial score (nSPS) is 20.6. The largest absolute Gasteiger partial charge is 0.462 e. The Kier molecular flexibility index (Phi) is 6.04. The van der Waals surface area contributed by atoms with Crippen molar-refractivity contribution in [1.82, 2.24) is 10.2 Å². The van der Waals surface area contributed by atoms with Crippen molar-refractivity contribution >= 4 is 0 Å². The molecule has 0 saturated carbocycles. The smallest absolute Gasteiger partial charge is 0.134 e. The highest BCUT2D eigenvalue weighted by Gasteiger charge is 2.22. The third-order valence-corrected chi connectivity index (χ3v) is 4.00. The summed E-state index contributed by atoms with van der Waals surface area (Å²) in [6, 6.07) is 3.33. The van der Waals surface area contributed by atoms with Crippen LogP contribution >= 0.6 is 0 Å². The Morgan fingerprint density at radius 1 is 1.25 bits per heavy atom. The molecule has 114 valence electrons. The van der Waals surface area contributed by atoms with E-state index in [1.165, 1.54) is 25.7 Å². The molecule has 2 heterocycles. The number of aliphatic hydroxyl groups is 2. The second-order valence-electron chi connectivity index (χ2n) is 5.52. The van der Waals surface area contributed by atoms with E-state index in [1.54, 1.807) is 13.1 Å². The molecule has 0 bridgehead atoms. The number of rotatable bonds is 6. The first-order valence-corrected chi connectivity index (χ1v) is 7.51. The molecule has 0 aliphatic carbocycles. The van der Waals surface area contributed by atoms with Gasteiger partial charge in [0, 0.05) is 0 Å². The second-order valence-corrected chi connectivity index (χ2v) is 5.52. The van der Waals surface area contributed by atoms with Crippen LogP contribution in [0.25, 0.3) is 0 Å². The first kappa shape index (κ1) is 15.5. The number of aliphatic hydroxyl groups excluding tert-OH is 2. The molecule has 3 N–H and O–H groups in total. The van der Waals surface area contributed by atoms with E-state index < -0.39 is 12.1 Å². The average molecular weight is 282 g/mol. The molecule has 1 aromatic rings. The van der Waals surface area contributed by atoms with Gasteiger partial charge in [-0.1, -0.05) is 12.8 Å². The van der Waals surface area contributed by atoms with Crippen molar-refractivity contribution in [1.29, 1.82) is 0 Å². The number of nitrogens with one attached hydrogen (secondary N) is 1. The van der Waals surface area contributed by atoms with Gasteiger partial charge in [0.2, 0.25) is 0 Å². The molecule has 0 radical (unpaired) electrons. The van der Waals surface area contributed by atoms with Gasteiger partial charge in [0.25, 0.3) is 0 Å². The molecule has 1 aliphatic rings. The van der Waals surface area contributed by atoms with E-state index in [1.807, 2.05) is 6.07 Å². The van der Waals surface area contributed by atoms with Crippen LogP contribution in [0.5, 0.6) is 0 Å². The predicted molar refractivity (Wildman–Crippen MR) is 77.3 cm³/mol. The molecule has 1 saturated heterocycles. The van der Waals surface area contributed by atoms with E-state index in [-0.39, 0.29) is 6.61 Å². The monoisotopic (exact) mass is 282 g/mol. The number of hydrogen-bond acceptors (Lipinski definition) is 5. The maximum Gasteiger partial charge on any atom is 0.134 e. The van der Waals surface area contributed by atoms with Gasteiger partial charge in [0.15, 0.2) is 0 Å². The van der Waals surface area contributed by atoms with Crippen LogP contribution in [0.2, 0.25) is 0 Å². The molecule has 1 aromatic heterocycles. The maximum absolute atomic E-state index is 10.1. The van der Waals surface area contributed by atoms with E-state index in [0.717, 1.165) is 25.4 Å². The Morgan fingerprint density at radius 2 is 1.95 bits per heavy atom. The van der Waals surface area contributed by atoms with Crippen LogP contribution in [0.4, 0.5) is 0 Å². The van der Waals surface area contributed by atoms with Gasteiger partial charge in [0.05, 0.1) is 19.2 Å². The minimum atomic E-state index is -0.817. The van der Waals surface area contributed by atoms with E-state index in [4.69, 9.17) is 4.42 Å². The lowest BCUT2D eigenvalue weighted by Crippen LogP contribution is -2.35. The van der Waals surface area contributed by atoms with Gasteiger partial charge in [-0.3, -0.25) is 4.90 Å². The minimum absolute atomic E-state index is 0.125. The highest BCUT2D eigenvalue weighted by molar-refractivity contribution is 5.11. The molecular formula is C15H26N2O3. The molecule has 2 rings (SSSR count). The van der Waals surface area contributed by atoms with Crippen molar-refractivity contribution in [3.63, 3.8) is 0 Å². The summed E-state index contributed by atoms with van der Waals surface area (Å²) in [5.41, 5.74) is 0. The second kappa shape index (κ2) is 7.78. The Labute approximate surface area is 120 Å². The number of furan rings is 1. The topological polar surface area (TPSA) is 68.9 Å². The van der Waals surface area contributed by atoms with Gasteiger partial charge in [0.1, 0.15) is 17.6 Å². The molecular weight excluding hydrogens is 256 g/mol. The third-order valence-electron chi connectivity index (χ3n) is 4.00. The van der Waals surface area contributed by atoms with Crippen molar-refractivity contribution in [2.75, 3.05) is 26.7 Å². The van der Waals surface area contributed by atoms with E-state index >= 15 is 0 Å². The predicted octanol–water partition coefficient (Wildman–Crippen LogP) is 1.27. The molecule has 1 fully saturated rings. The van der Waals surface area contributed by atoms with Crippen molar-refractivity contribution in [2.24, 2.45) is 0 Å². The summed E-state index contributed by atoms with van der Waals surface area (Å²) in [7, 11) is 1.71. The van der Waals surface area contributed by atoms with Crippen LogP contribution in [-0.2, 0) is 6.54 Å². The minimum Gasteiger partial charge on any atom is -0.462 e. The van der Waals surface area contributed by atoms with Crippen LogP contribution in [0.1, 0.15) is 43.3 Å². The van der Waals surface area contributed by atoms with E-state index in [0.29, 0.717) is 5.76 Å². The highest BCUT2D eigenvalue weighted by atomic mass is 16.4. The van der Waals surface area contributed by atoms with Crippen LogP contribution in [-0.4, -0.2) is 47.9 Å². The Hall–Kier alpha value is -0.880. The van der Waals surface area contributed by atoms with Crippen molar-refractivity contribution in [3.8, 4) is 0 Å². The Bertz CT molecular complexity index is 382. The zero-order valence-electron chi connectivity index (χ0n) is 12.2. The summed E-state index contributed by atoms with van der Waals surface area (Å²) >= 11 is 0. The van der Waals surface area contributed by atoms with Crippen LogP contribution < -0.4 is 5.32 Å². The number of hydrogen-bond donors (Lipinski definition) is 3. The molecule has 0 aromatic carbocycles. The summed E-state index contributed by atoms with van der Waals surface area (Å²) in [6.07, 6.45) is 4.33. The standard InChI is InChI=1S/C15H26N2O3/c1-16-13(11-18)15(19)14-7-6-12(20-14)10-17-8-4-2-3-5-9-17/h6-7,13,15-16,18-19H,2-5,8-11H2,1H3. The number of nitrogens with zero attached hydrogens (tertiary/aromatic N) is 1. The van der Waals surface area contributed by atoms with Gasteiger partial charge in [-0.05, 0) is 45.1 Å². The van der Waals surface area contributed by atoms with Crippen molar-refractivity contribution < 1.29 is 14.6 Å². The van der Waals surface area contributed by atoms with Crippen molar-refractivity contribution in [2.45, 2.75) is 44.4 Å². The molecule has 20 heavy (non-hydrogen) atoms. The quantitative estimate of drug-likeness (QED) is 0.733. The van der Waals surface area contributed by atoms with E-state index in [2.05, 4.69) is 10.2 Å². The fourth-order valence-electron chi connectivity index (χ4n) is 2.70. The first-order chi connectivity index (χ1) is 9.74. The lowest BCUT2D eigenvalue weighted by atomic mass is 10.1. The first-order valence-electron chi connectivity index (χ1n) is 7.51. The van der Waals surface area contributed by atoms with Gasteiger partial charge >= 0.3 is 0 Å². The molecule has 5 heteroatoms. The average Bonchev–Trinajstić information content (AvgIpc) is 2.76. The number of likely N-dealkylation sites (N-methyl/N-ethyl adjacent to an activating group) is 1. The maximum atomic E-state index is 10.1. The van der Waals surface area contributed by atoms with Crippen LogP contribution in [0.15, 0.2) is 16.5 Å². The Balaban J connectivity index is 1.94. The molecule has 0 spiro atoms. The van der Waals surface area contributed by atoms with Crippen LogP contribution in [0.3, 0.4) is 0 Å². The number of likely N-dealkylation sites (tertiary alicyclic amines) is 1. The van der Waals surface area contributed by atoms with E-state index in [9.17, 15) is 10.2 Å². The fourth-order valence-corrected chi connectivity index (χ4v) is 2.70. The fraction of sp³-hybridized carbons (Fsp3) is 0.733. The lowest BCUT2D eigenvalue weighted by Gasteiger charge is -2.19. The summed E-state index contributed by atoms with van der Waals surface area (Å²) in [6.45, 7) is 2.92. The van der Waals surface area contributed by atoms with Gasteiger partial charge < -0.3 is 19.9 Å². The molecule has 1 aliphatic heterocycles. The molecule has 2 unspecified atom stereocenters. The summed E-state index contributed by atoms with van der Waals surface area (Å²) in [4.78, 5) is 2.41. The van der Waals surface area contributed by atoms with Gasteiger partial charge in [-0.2, -0.15) is 0 Å².